The quantitative estimate of drug-likeness (QED) is 0.668. The van der Waals surface area contributed by atoms with Crippen LogP contribution in [0.25, 0.3) is 0 Å². The van der Waals surface area contributed by atoms with Crippen molar-refractivity contribution >= 4 is 23.3 Å². The lowest BCUT2D eigenvalue weighted by molar-refractivity contribution is -0.136. The topological polar surface area (TPSA) is 41.6 Å². The molecule has 0 aliphatic carbocycles. The smallest absolute Gasteiger partial charge is 0.337 e. The summed E-state index contributed by atoms with van der Waals surface area (Å²) in [5, 5.41) is 3.58. The average molecular weight is 294 g/mol. The summed E-state index contributed by atoms with van der Waals surface area (Å²) in [7, 11) is 3.10. The van der Waals surface area contributed by atoms with Crippen LogP contribution in [-0.2, 0) is 9.53 Å². The molecule has 20 heavy (non-hydrogen) atoms. The first-order valence-electron chi connectivity index (χ1n) is 6.04. The van der Waals surface area contributed by atoms with Crippen LogP contribution in [0, 0.1) is 5.82 Å². The van der Waals surface area contributed by atoms with Crippen LogP contribution in [0.2, 0.25) is 0 Å². The molecule has 0 fully saturated rings. The summed E-state index contributed by atoms with van der Waals surface area (Å²) < 4.78 is 17.9. The van der Waals surface area contributed by atoms with E-state index in [9.17, 15) is 9.18 Å². The number of thiocarbonyl (C=S) groups is 1. The fraction of sp³-hybridized carbons (Fsp3) is 0.286. The number of hydrogen-bond acceptors (Lipinski definition) is 3. The number of nitrogens with one attached hydrogen (secondary N) is 1. The van der Waals surface area contributed by atoms with Crippen LogP contribution in [0.3, 0.4) is 0 Å². The molecule has 1 N–H and O–H groups in total. The lowest BCUT2D eigenvalue weighted by atomic mass is 9.95. The zero-order chi connectivity index (χ0) is 14.9. The Hall–Kier alpha value is -1.95. The van der Waals surface area contributed by atoms with E-state index in [-0.39, 0.29) is 5.82 Å². The second-order valence-electron chi connectivity index (χ2n) is 4.48. The first-order valence-corrected chi connectivity index (χ1v) is 6.45. The molecule has 0 saturated heterocycles. The zero-order valence-electron chi connectivity index (χ0n) is 11.4. The molecule has 0 aromatic heterocycles. The predicted molar refractivity (Wildman–Crippen MR) is 77.4 cm³/mol. The number of nitrogens with zero attached hydrogens (tertiary/aromatic N) is 1. The Kier molecular flexibility index (Phi) is 4.04. The van der Waals surface area contributed by atoms with Crippen LogP contribution in [-0.4, -0.2) is 30.1 Å². The minimum Gasteiger partial charge on any atom is -0.466 e. The molecule has 0 spiro atoms. The third-order valence-corrected chi connectivity index (χ3v) is 3.75. The molecule has 1 aromatic rings. The monoisotopic (exact) mass is 294 g/mol. The van der Waals surface area contributed by atoms with Crippen LogP contribution in [0.15, 0.2) is 35.5 Å². The standard InChI is InChI=1S/C14H15FN2O2S/c1-8-11(13(18)19-3)12(16-14(20)17(8)2)9-4-6-10(15)7-5-9/h4-7,12H,1-3H3,(H,16,20)/t12-/m0/s1. The number of rotatable bonds is 2. The summed E-state index contributed by atoms with van der Waals surface area (Å²) in [6, 6.07) is 5.51. The highest BCUT2D eigenvalue weighted by molar-refractivity contribution is 7.80. The van der Waals surface area contributed by atoms with Gasteiger partial charge in [-0.3, -0.25) is 0 Å². The molecular weight excluding hydrogens is 279 g/mol. The van der Waals surface area contributed by atoms with Gasteiger partial charge in [0.2, 0.25) is 0 Å². The molecule has 1 aliphatic rings. The van der Waals surface area contributed by atoms with E-state index in [1.165, 1.54) is 19.2 Å². The van der Waals surface area contributed by atoms with E-state index in [2.05, 4.69) is 5.32 Å². The molecule has 0 bridgehead atoms. The van der Waals surface area contributed by atoms with Crippen molar-refractivity contribution in [3.05, 3.63) is 46.9 Å². The second-order valence-corrected chi connectivity index (χ2v) is 4.87. The van der Waals surface area contributed by atoms with Crippen molar-refractivity contribution in [2.75, 3.05) is 14.2 Å². The molecule has 106 valence electrons. The third-order valence-electron chi connectivity index (χ3n) is 3.36. The number of hydrogen-bond donors (Lipinski definition) is 1. The molecule has 4 nitrogen and oxygen atoms in total. The van der Waals surface area contributed by atoms with Crippen LogP contribution < -0.4 is 5.32 Å². The van der Waals surface area contributed by atoms with Gasteiger partial charge in [-0.15, -0.1) is 0 Å². The largest absolute Gasteiger partial charge is 0.466 e. The number of carbonyl (C=O) groups is 1. The Bertz CT molecular complexity index is 583. The summed E-state index contributed by atoms with van der Waals surface area (Å²) in [5.74, 6) is -0.761. The van der Waals surface area contributed by atoms with Gasteiger partial charge in [0.05, 0.1) is 18.7 Å². The minimum atomic E-state index is -0.438. The van der Waals surface area contributed by atoms with Crippen molar-refractivity contribution in [3.63, 3.8) is 0 Å². The number of methoxy groups -OCH3 is 1. The highest BCUT2D eigenvalue weighted by Gasteiger charge is 2.32. The molecule has 2 rings (SSSR count). The molecule has 1 aromatic carbocycles. The van der Waals surface area contributed by atoms with E-state index < -0.39 is 12.0 Å². The van der Waals surface area contributed by atoms with Gasteiger partial charge in [-0.05, 0) is 36.8 Å². The predicted octanol–water partition coefficient (Wildman–Crippen LogP) is 2.13. The molecule has 0 saturated carbocycles. The van der Waals surface area contributed by atoms with Crippen LogP contribution >= 0.6 is 12.2 Å². The van der Waals surface area contributed by atoms with E-state index in [1.807, 2.05) is 0 Å². The van der Waals surface area contributed by atoms with Crippen molar-refractivity contribution in [2.45, 2.75) is 13.0 Å². The Morgan fingerprint density at radius 1 is 1.40 bits per heavy atom. The van der Waals surface area contributed by atoms with Crippen LogP contribution in [0.4, 0.5) is 4.39 Å². The minimum absolute atomic E-state index is 0.329. The van der Waals surface area contributed by atoms with Crippen molar-refractivity contribution in [1.82, 2.24) is 10.2 Å². The summed E-state index contributed by atoms with van der Waals surface area (Å²) in [6.07, 6.45) is 0. The Morgan fingerprint density at radius 2 is 2.00 bits per heavy atom. The zero-order valence-corrected chi connectivity index (χ0v) is 12.3. The molecule has 1 aliphatic heterocycles. The number of benzene rings is 1. The normalized spacial score (nSPS) is 18.9. The molecule has 0 unspecified atom stereocenters. The molecule has 1 heterocycles. The maximum absolute atomic E-state index is 13.0. The van der Waals surface area contributed by atoms with Crippen LogP contribution in [0.5, 0.6) is 0 Å². The van der Waals surface area contributed by atoms with Gasteiger partial charge in [0.25, 0.3) is 0 Å². The first kappa shape index (κ1) is 14.5. The average Bonchev–Trinajstić information content (AvgIpc) is 2.44. The molecule has 0 radical (unpaired) electrons. The van der Waals surface area contributed by atoms with Crippen molar-refractivity contribution in [1.29, 1.82) is 0 Å². The summed E-state index contributed by atoms with van der Waals surface area (Å²) in [6.45, 7) is 1.80. The Labute approximate surface area is 122 Å². The summed E-state index contributed by atoms with van der Waals surface area (Å²) in [5.41, 5.74) is 1.94. The maximum atomic E-state index is 13.0. The Balaban J connectivity index is 2.51. The van der Waals surface area contributed by atoms with Gasteiger partial charge in [0.15, 0.2) is 5.11 Å². The van der Waals surface area contributed by atoms with Gasteiger partial charge < -0.3 is 15.0 Å². The van der Waals surface area contributed by atoms with Gasteiger partial charge in [-0.25, -0.2) is 9.18 Å². The van der Waals surface area contributed by atoms with E-state index >= 15 is 0 Å². The number of ether oxygens (including phenoxy) is 1. The van der Waals surface area contributed by atoms with E-state index in [0.717, 1.165) is 11.3 Å². The molecular formula is C14H15FN2O2S. The summed E-state index contributed by atoms with van der Waals surface area (Å²) in [4.78, 5) is 13.7. The number of esters is 1. The van der Waals surface area contributed by atoms with Gasteiger partial charge in [-0.1, -0.05) is 12.1 Å². The number of carbonyl (C=O) groups excluding carboxylic acids is 1. The third kappa shape index (κ3) is 2.51. The SMILES string of the molecule is COC(=O)C1=C(C)N(C)C(=S)N[C@H]1c1ccc(F)cc1. The van der Waals surface area contributed by atoms with Gasteiger partial charge in [0.1, 0.15) is 5.82 Å². The maximum Gasteiger partial charge on any atom is 0.337 e. The number of allylic oxidation sites excluding steroid dienone is 1. The van der Waals surface area contributed by atoms with Gasteiger partial charge in [-0.2, -0.15) is 0 Å². The van der Waals surface area contributed by atoms with Crippen LogP contribution in [0.1, 0.15) is 18.5 Å². The lowest BCUT2D eigenvalue weighted by Gasteiger charge is -2.35. The van der Waals surface area contributed by atoms with Gasteiger partial charge >= 0.3 is 5.97 Å². The second kappa shape index (κ2) is 5.58. The summed E-state index contributed by atoms with van der Waals surface area (Å²) >= 11 is 5.24. The molecule has 0 amide bonds. The lowest BCUT2D eigenvalue weighted by Crippen LogP contribution is -2.46. The van der Waals surface area contributed by atoms with E-state index in [1.54, 1.807) is 31.0 Å². The van der Waals surface area contributed by atoms with Gasteiger partial charge in [0, 0.05) is 12.7 Å². The molecule has 6 heteroatoms. The van der Waals surface area contributed by atoms with E-state index in [0.29, 0.717) is 10.7 Å². The highest BCUT2D eigenvalue weighted by Crippen LogP contribution is 2.30. The fourth-order valence-corrected chi connectivity index (χ4v) is 2.37. The van der Waals surface area contributed by atoms with Crippen molar-refractivity contribution in [3.8, 4) is 0 Å². The Morgan fingerprint density at radius 3 is 2.55 bits per heavy atom. The van der Waals surface area contributed by atoms with Crippen molar-refractivity contribution < 1.29 is 13.9 Å². The highest BCUT2D eigenvalue weighted by atomic mass is 32.1. The van der Waals surface area contributed by atoms with Crippen molar-refractivity contribution in [2.24, 2.45) is 0 Å². The first-order chi connectivity index (χ1) is 9.45. The number of halogens is 1. The van der Waals surface area contributed by atoms with E-state index in [4.69, 9.17) is 17.0 Å². The fourth-order valence-electron chi connectivity index (χ4n) is 2.12. The molecule has 1 atom stereocenters.